The van der Waals surface area contributed by atoms with Crippen molar-refractivity contribution >= 4 is 0 Å². The van der Waals surface area contributed by atoms with Crippen molar-refractivity contribution in [2.45, 2.75) is 38.6 Å². The molecule has 0 saturated carbocycles. The van der Waals surface area contributed by atoms with Crippen LogP contribution in [0.15, 0.2) is 6.07 Å². The molecule has 1 unspecified atom stereocenters. The van der Waals surface area contributed by atoms with Crippen LogP contribution in [-0.2, 0) is 12.8 Å². The molecule has 3 nitrogen and oxygen atoms in total. The minimum absolute atomic E-state index is 0.0359. The number of rotatable bonds is 3. The number of hydrogen-bond donors (Lipinski definition) is 2. The van der Waals surface area contributed by atoms with Crippen LogP contribution >= 0.6 is 0 Å². The number of aryl methyl sites for hydroxylation is 1. The third kappa shape index (κ3) is 2.17. The van der Waals surface area contributed by atoms with Gasteiger partial charge in [-0.1, -0.05) is 0 Å². The Morgan fingerprint density at radius 3 is 2.59 bits per heavy atom. The highest BCUT2D eigenvalue weighted by atomic mass is 16.5. The van der Waals surface area contributed by atoms with Crippen LogP contribution in [0.1, 0.15) is 41.1 Å². The van der Waals surface area contributed by atoms with Gasteiger partial charge in [-0.2, -0.15) is 0 Å². The molecule has 0 heterocycles. The maximum atomic E-state index is 9.30. The van der Waals surface area contributed by atoms with E-state index >= 15 is 0 Å². The number of nitrogens with two attached hydrogens (primary N) is 1. The summed E-state index contributed by atoms with van der Waals surface area (Å²) in [5.41, 5.74) is 11.0. The molecule has 94 valence electrons. The fourth-order valence-corrected chi connectivity index (χ4v) is 2.81. The van der Waals surface area contributed by atoms with E-state index in [1.807, 2.05) is 0 Å². The second kappa shape index (κ2) is 5.07. The maximum Gasteiger partial charge on any atom is 0.124 e. The number of aliphatic hydroxyl groups is 1. The van der Waals surface area contributed by atoms with Crippen LogP contribution in [0.5, 0.6) is 5.75 Å². The molecule has 1 atom stereocenters. The lowest BCUT2D eigenvalue weighted by Gasteiger charge is -2.26. The van der Waals surface area contributed by atoms with Crippen molar-refractivity contribution in [3.8, 4) is 5.75 Å². The molecule has 1 aliphatic rings. The summed E-state index contributed by atoms with van der Waals surface area (Å²) >= 11 is 0. The van der Waals surface area contributed by atoms with Crippen molar-refractivity contribution in [1.29, 1.82) is 0 Å². The van der Waals surface area contributed by atoms with Gasteiger partial charge in [-0.05, 0) is 55.4 Å². The van der Waals surface area contributed by atoms with Gasteiger partial charge in [0.25, 0.3) is 0 Å². The van der Waals surface area contributed by atoms with E-state index in [0.29, 0.717) is 0 Å². The van der Waals surface area contributed by atoms with Crippen molar-refractivity contribution in [1.82, 2.24) is 0 Å². The quantitative estimate of drug-likeness (QED) is 0.841. The Labute approximate surface area is 103 Å². The summed E-state index contributed by atoms with van der Waals surface area (Å²) in [5, 5.41) is 9.30. The zero-order valence-electron chi connectivity index (χ0n) is 10.6. The summed E-state index contributed by atoms with van der Waals surface area (Å²) in [5.74, 6) is 0.824. The standard InChI is InChI=1S/C14H21NO2/c1-9-7-13(17-2)14(12(15)8-16)11-6-4-3-5-10(9)11/h7,12,16H,3-6,8,15H2,1-2H3. The van der Waals surface area contributed by atoms with E-state index in [0.717, 1.165) is 24.2 Å². The van der Waals surface area contributed by atoms with Crippen LogP contribution in [0.3, 0.4) is 0 Å². The number of hydrogen-bond acceptors (Lipinski definition) is 3. The highest BCUT2D eigenvalue weighted by Gasteiger charge is 2.22. The van der Waals surface area contributed by atoms with Crippen molar-refractivity contribution in [2.24, 2.45) is 5.73 Å². The first-order chi connectivity index (χ1) is 8.19. The lowest BCUT2D eigenvalue weighted by molar-refractivity contribution is 0.263. The molecule has 0 aromatic heterocycles. The number of fused-ring (bicyclic) bond motifs is 1. The number of ether oxygens (including phenoxy) is 1. The Morgan fingerprint density at radius 1 is 1.35 bits per heavy atom. The molecule has 0 bridgehead atoms. The molecular formula is C14H21NO2. The Hall–Kier alpha value is -1.06. The Kier molecular flexibility index (Phi) is 3.69. The number of methoxy groups -OCH3 is 1. The fourth-order valence-electron chi connectivity index (χ4n) is 2.81. The molecule has 1 aromatic carbocycles. The molecule has 0 amide bonds. The van der Waals surface area contributed by atoms with Gasteiger partial charge >= 0.3 is 0 Å². The van der Waals surface area contributed by atoms with Gasteiger partial charge < -0.3 is 15.6 Å². The molecule has 0 aliphatic heterocycles. The smallest absolute Gasteiger partial charge is 0.124 e. The molecular weight excluding hydrogens is 214 g/mol. The van der Waals surface area contributed by atoms with Gasteiger partial charge in [-0.3, -0.25) is 0 Å². The van der Waals surface area contributed by atoms with Crippen molar-refractivity contribution in [3.05, 3.63) is 28.3 Å². The molecule has 0 fully saturated rings. The minimum atomic E-state index is -0.336. The van der Waals surface area contributed by atoms with Crippen LogP contribution in [0.4, 0.5) is 0 Å². The lowest BCUT2D eigenvalue weighted by atomic mass is 9.83. The van der Waals surface area contributed by atoms with E-state index in [4.69, 9.17) is 10.5 Å². The lowest BCUT2D eigenvalue weighted by Crippen LogP contribution is -2.20. The first kappa shape index (κ1) is 12.4. The fraction of sp³-hybridized carbons (Fsp3) is 0.571. The first-order valence-electron chi connectivity index (χ1n) is 6.24. The van der Waals surface area contributed by atoms with Crippen molar-refractivity contribution in [2.75, 3.05) is 13.7 Å². The van der Waals surface area contributed by atoms with E-state index < -0.39 is 0 Å². The second-order valence-corrected chi connectivity index (χ2v) is 4.76. The molecule has 17 heavy (non-hydrogen) atoms. The molecule has 0 spiro atoms. The topological polar surface area (TPSA) is 55.5 Å². The van der Waals surface area contributed by atoms with Gasteiger partial charge in [-0.25, -0.2) is 0 Å². The monoisotopic (exact) mass is 235 g/mol. The summed E-state index contributed by atoms with van der Waals surface area (Å²) in [6.45, 7) is 2.09. The van der Waals surface area contributed by atoms with Crippen molar-refractivity contribution < 1.29 is 9.84 Å². The Bertz CT molecular complexity index is 415. The molecule has 1 aliphatic carbocycles. The number of aliphatic hydroxyl groups excluding tert-OH is 1. The first-order valence-corrected chi connectivity index (χ1v) is 6.24. The average Bonchev–Trinajstić information content (AvgIpc) is 2.37. The van der Waals surface area contributed by atoms with Crippen LogP contribution in [0, 0.1) is 6.92 Å². The van der Waals surface area contributed by atoms with Gasteiger partial charge in [0.15, 0.2) is 0 Å². The molecule has 0 saturated heterocycles. The van der Waals surface area contributed by atoms with E-state index in [2.05, 4.69) is 13.0 Å². The predicted molar refractivity (Wildman–Crippen MR) is 68.4 cm³/mol. The summed E-state index contributed by atoms with van der Waals surface area (Å²) in [4.78, 5) is 0. The normalized spacial score (nSPS) is 16.5. The van der Waals surface area contributed by atoms with Gasteiger partial charge in [0.2, 0.25) is 0 Å². The molecule has 3 heteroatoms. The molecule has 1 aromatic rings. The highest BCUT2D eigenvalue weighted by Crippen LogP contribution is 2.36. The predicted octanol–water partition coefficient (Wildman–Crippen LogP) is 1.87. The average molecular weight is 235 g/mol. The van der Waals surface area contributed by atoms with E-state index in [9.17, 15) is 5.11 Å². The largest absolute Gasteiger partial charge is 0.496 e. The second-order valence-electron chi connectivity index (χ2n) is 4.76. The van der Waals surface area contributed by atoms with Crippen LogP contribution in [0.25, 0.3) is 0 Å². The summed E-state index contributed by atoms with van der Waals surface area (Å²) in [6, 6.07) is 1.71. The summed E-state index contributed by atoms with van der Waals surface area (Å²) < 4.78 is 5.42. The zero-order valence-corrected chi connectivity index (χ0v) is 10.6. The summed E-state index contributed by atoms with van der Waals surface area (Å²) in [6.07, 6.45) is 4.62. The van der Waals surface area contributed by atoms with Crippen LogP contribution < -0.4 is 10.5 Å². The molecule has 3 N–H and O–H groups in total. The molecule has 2 rings (SSSR count). The van der Waals surface area contributed by atoms with Crippen LogP contribution in [0.2, 0.25) is 0 Å². The minimum Gasteiger partial charge on any atom is -0.496 e. The Balaban J connectivity index is 2.60. The van der Waals surface area contributed by atoms with Gasteiger partial charge in [-0.15, -0.1) is 0 Å². The zero-order chi connectivity index (χ0) is 12.4. The van der Waals surface area contributed by atoms with Gasteiger partial charge in [0.1, 0.15) is 5.75 Å². The van der Waals surface area contributed by atoms with Crippen molar-refractivity contribution in [3.63, 3.8) is 0 Å². The molecule has 0 radical (unpaired) electrons. The summed E-state index contributed by atoms with van der Waals surface area (Å²) in [7, 11) is 1.66. The van der Waals surface area contributed by atoms with E-state index in [1.54, 1.807) is 7.11 Å². The Morgan fingerprint density at radius 2 is 2.00 bits per heavy atom. The number of benzene rings is 1. The van der Waals surface area contributed by atoms with Crippen LogP contribution in [-0.4, -0.2) is 18.8 Å². The van der Waals surface area contributed by atoms with Gasteiger partial charge in [0.05, 0.1) is 19.8 Å². The van der Waals surface area contributed by atoms with E-state index in [1.165, 1.54) is 29.5 Å². The highest BCUT2D eigenvalue weighted by molar-refractivity contribution is 5.52. The SMILES string of the molecule is COc1cc(C)c2c(c1C(N)CO)CCCC2. The van der Waals surface area contributed by atoms with Gasteiger partial charge in [0, 0.05) is 5.56 Å². The van der Waals surface area contributed by atoms with E-state index in [-0.39, 0.29) is 12.6 Å². The third-order valence-electron chi connectivity index (χ3n) is 3.67. The third-order valence-corrected chi connectivity index (χ3v) is 3.67. The maximum absolute atomic E-state index is 9.30.